The van der Waals surface area contributed by atoms with E-state index in [1.807, 2.05) is 0 Å². The summed E-state index contributed by atoms with van der Waals surface area (Å²) in [4.78, 5) is 22.4. The van der Waals surface area contributed by atoms with Gasteiger partial charge in [0.2, 0.25) is 5.91 Å². The second-order valence-corrected chi connectivity index (χ2v) is 4.48. The van der Waals surface area contributed by atoms with E-state index in [1.54, 1.807) is 12.1 Å². The van der Waals surface area contributed by atoms with Gasteiger partial charge in [0.15, 0.2) is 0 Å². The average Bonchev–Trinajstić information content (AvgIpc) is 2.90. The summed E-state index contributed by atoms with van der Waals surface area (Å²) in [5.41, 5.74) is 0.0879. The number of phenolic OH excluding ortho intramolecular Hbond substituents is 1. The van der Waals surface area contributed by atoms with Gasteiger partial charge >= 0.3 is 11.6 Å². The molecule has 2 N–H and O–H groups in total. The van der Waals surface area contributed by atoms with Gasteiger partial charge in [-0.1, -0.05) is 6.07 Å². The van der Waals surface area contributed by atoms with E-state index >= 15 is 0 Å². The van der Waals surface area contributed by atoms with Gasteiger partial charge in [0.1, 0.15) is 18.0 Å². The van der Waals surface area contributed by atoms with Crippen LogP contribution >= 0.6 is 0 Å². The standard InChI is InChI=1S/C13H14N4O5/c1-8(12(19)14-9-4-3-5-10(18)6-9)16-7-11(17(20)21)13(15-16)22-2/h3-8,18H,1-2H3,(H,14,19). The summed E-state index contributed by atoms with van der Waals surface area (Å²) in [5, 5.41) is 26.7. The van der Waals surface area contributed by atoms with Crippen LogP contribution in [-0.2, 0) is 4.79 Å². The first-order valence-electron chi connectivity index (χ1n) is 6.29. The van der Waals surface area contributed by atoms with Crippen LogP contribution in [0.15, 0.2) is 30.5 Å². The molecule has 1 atom stereocenters. The van der Waals surface area contributed by atoms with Crippen molar-refractivity contribution >= 4 is 17.3 Å². The lowest BCUT2D eigenvalue weighted by Crippen LogP contribution is -2.24. The third-order valence-electron chi connectivity index (χ3n) is 2.96. The Hall–Kier alpha value is -3.10. The van der Waals surface area contributed by atoms with Gasteiger partial charge in [-0.05, 0) is 19.1 Å². The summed E-state index contributed by atoms with van der Waals surface area (Å²) in [6.45, 7) is 1.54. The monoisotopic (exact) mass is 306 g/mol. The van der Waals surface area contributed by atoms with E-state index in [9.17, 15) is 20.0 Å². The van der Waals surface area contributed by atoms with E-state index in [4.69, 9.17) is 4.74 Å². The molecule has 2 aromatic rings. The molecule has 22 heavy (non-hydrogen) atoms. The van der Waals surface area contributed by atoms with Gasteiger partial charge in [0.25, 0.3) is 0 Å². The maximum absolute atomic E-state index is 12.1. The number of carbonyl (C=O) groups excluding carboxylic acids is 1. The van der Waals surface area contributed by atoms with Crippen LogP contribution in [-0.4, -0.2) is 32.8 Å². The molecule has 116 valence electrons. The number of ether oxygens (including phenoxy) is 1. The molecule has 0 saturated carbocycles. The second kappa shape index (κ2) is 6.12. The molecule has 0 spiro atoms. The summed E-state index contributed by atoms with van der Waals surface area (Å²) >= 11 is 0. The number of anilines is 1. The Labute approximate surface area is 125 Å². The van der Waals surface area contributed by atoms with Gasteiger partial charge in [-0.3, -0.25) is 14.9 Å². The molecule has 0 aliphatic heterocycles. The van der Waals surface area contributed by atoms with E-state index in [2.05, 4.69) is 10.4 Å². The number of phenols is 1. The van der Waals surface area contributed by atoms with Gasteiger partial charge in [0, 0.05) is 11.8 Å². The smallest absolute Gasteiger partial charge is 0.350 e. The molecule has 1 unspecified atom stereocenters. The van der Waals surface area contributed by atoms with E-state index < -0.39 is 16.9 Å². The number of nitrogens with zero attached hydrogens (tertiary/aromatic N) is 3. The largest absolute Gasteiger partial charge is 0.508 e. The quantitative estimate of drug-likeness (QED) is 0.641. The first-order chi connectivity index (χ1) is 10.4. The number of nitro groups is 1. The fourth-order valence-corrected chi connectivity index (χ4v) is 1.79. The van der Waals surface area contributed by atoms with Crippen LogP contribution < -0.4 is 10.1 Å². The zero-order valence-corrected chi connectivity index (χ0v) is 11.9. The van der Waals surface area contributed by atoms with Gasteiger partial charge in [-0.15, -0.1) is 5.10 Å². The normalized spacial score (nSPS) is 11.7. The number of carbonyl (C=O) groups is 1. The molecule has 0 aliphatic carbocycles. The minimum atomic E-state index is -0.801. The maximum atomic E-state index is 12.1. The molecule has 1 aromatic heterocycles. The predicted octanol–water partition coefficient (Wildman–Crippen LogP) is 1.71. The Morgan fingerprint density at radius 1 is 1.55 bits per heavy atom. The number of rotatable bonds is 5. The summed E-state index contributed by atoms with van der Waals surface area (Å²) in [6.07, 6.45) is 1.13. The van der Waals surface area contributed by atoms with Crippen molar-refractivity contribution in [3.8, 4) is 11.6 Å². The van der Waals surface area contributed by atoms with Crippen molar-refractivity contribution in [2.45, 2.75) is 13.0 Å². The van der Waals surface area contributed by atoms with Crippen LogP contribution in [0.25, 0.3) is 0 Å². The predicted molar refractivity (Wildman–Crippen MR) is 76.9 cm³/mol. The molecule has 1 aromatic carbocycles. The Morgan fingerprint density at radius 2 is 2.27 bits per heavy atom. The number of aromatic hydroxyl groups is 1. The summed E-state index contributed by atoms with van der Waals surface area (Å²) in [6, 6.07) is 5.25. The van der Waals surface area contributed by atoms with Crippen molar-refractivity contribution < 1.29 is 19.6 Å². The zero-order valence-electron chi connectivity index (χ0n) is 11.9. The Bertz CT molecular complexity index is 712. The molecule has 1 heterocycles. The lowest BCUT2D eigenvalue weighted by molar-refractivity contribution is -0.385. The summed E-state index contributed by atoms with van der Waals surface area (Å²) in [7, 11) is 1.26. The second-order valence-electron chi connectivity index (χ2n) is 4.48. The number of amides is 1. The van der Waals surface area contributed by atoms with Gasteiger partial charge in [-0.25, -0.2) is 4.68 Å². The maximum Gasteiger partial charge on any atom is 0.350 e. The topological polar surface area (TPSA) is 120 Å². The van der Waals surface area contributed by atoms with Gasteiger partial charge in [0.05, 0.1) is 12.0 Å². The van der Waals surface area contributed by atoms with E-state index in [0.717, 1.165) is 10.9 Å². The highest BCUT2D eigenvalue weighted by molar-refractivity contribution is 5.93. The average molecular weight is 306 g/mol. The number of benzene rings is 1. The lowest BCUT2D eigenvalue weighted by atomic mass is 10.2. The van der Waals surface area contributed by atoms with Gasteiger partial charge < -0.3 is 15.2 Å². The summed E-state index contributed by atoms with van der Waals surface area (Å²) in [5.74, 6) is -0.588. The molecule has 0 saturated heterocycles. The first kappa shape index (κ1) is 15.3. The Kier molecular flexibility index (Phi) is 4.25. The molecule has 1 amide bonds. The first-order valence-corrected chi connectivity index (χ1v) is 6.29. The van der Waals surface area contributed by atoms with Crippen LogP contribution in [0.1, 0.15) is 13.0 Å². The van der Waals surface area contributed by atoms with Crippen molar-refractivity contribution in [3.63, 3.8) is 0 Å². The van der Waals surface area contributed by atoms with Crippen LogP contribution in [0.3, 0.4) is 0 Å². The minimum Gasteiger partial charge on any atom is -0.508 e. The van der Waals surface area contributed by atoms with E-state index in [0.29, 0.717) is 5.69 Å². The van der Waals surface area contributed by atoms with Crippen LogP contribution in [0.2, 0.25) is 0 Å². The molecule has 0 fully saturated rings. The van der Waals surface area contributed by atoms with E-state index in [-0.39, 0.29) is 17.3 Å². The third kappa shape index (κ3) is 3.14. The highest BCUT2D eigenvalue weighted by atomic mass is 16.6. The SMILES string of the molecule is COc1nn(C(C)C(=O)Nc2cccc(O)c2)cc1[N+](=O)[O-]. The third-order valence-corrected chi connectivity index (χ3v) is 2.96. The zero-order chi connectivity index (χ0) is 16.3. The number of aromatic nitrogens is 2. The molecule has 9 nitrogen and oxygen atoms in total. The van der Waals surface area contributed by atoms with Crippen molar-refractivity contribution in [1.82, 2.24) is 9.78 Å². The van der Waals surface area contributed by atoms with Crippen LogP contribution in [0.4, 0.5) is 11.4 Å². The fraction of sp³-hybridized carbons (Fsp3) is 0.231. The van der Waals surface area contributed by atoms with Crippen LogP contribution in [0.5, 0.6) is 11.6 Å². The number of methoxy groups -OCH3 is 1. The molecule has 0 radical (unpaired) electrons. The highest BCUT2D eigenvalue weighted by Gasteiger charge is 2.25. The molecule has 0 aliphatic rings. The number of hydrogen-bond acceptors (Lipinski definition) is 6. The van der Waals surface area contributed by atoms with Crippen molar-refractivity contribution in [2.75, 3.05) is 12.4 Å². The molecular formula is C13H14N4O5. The highest BCUT2D eigenvalue weighted by Crippen LogP contribution is 2.26. The van der Waals surface area contributed by atoms with Crippen molar-refractivity contribution in [3.05, 3.63) is 40.6 Å². The van der Waals surface area contributed by atoms with Crippen molar-refractivity contribution in [2.24, 2.45) is 0 Å². The van der Waals surface area contributed by atoms with Crippen LogP contribution in [0, 0.1) is 10.1 Å². The Morgan fingerprint density at radius 3 is 2.82 bits per heavy atom. The Balaban J connectivity index is 2.18. The minimum absolute atomic E-state index is 0.0156. The fourth-order valence-electron chi connectivity index (χ4n) is 1.79. The van der Waals surface area contributed by atoms with E-state index in [1.165, 1.54) is 26.2 Å². The summed E-state index contributed by atoms with van der Waals surface area (Å²) < 4.78 is 5.96. The lowest BCUT2D eigenvalue weighted by Gasteiger charge is -2.12. The molecule has 9 heteroatoms. The molecule has 0 bridgehead atoms. The number of nitrogens with one attached hydrogen (secondary N) is 1. The van der Waals surface area contributed by atoms with Crippen molar-refractivity contribution in [1.29, 1.82) is 0 Å². The number of hydrogen-bond donors (Lipinski definition) is 2. The molecule has 2 rings (SSSR count). The molecular weight excluding hydrogens is 292 g/mol. The van der Waals surface area contributed by atoms with Gasteiger partial charge in [-0.2, -0.15) is 0 Å².